The van der Waals surface area contributed by atoms with Gasteiger partial charge in [-0.3, -0.25) is 4.99 Å². The highest BCUT2D eigenvalue weighted by atomic mass is 32.2. The number of aromatic nitrogens is 1. The van der Waals surface area contributed by atoms with Crippen LogP contribution in [0, 0.1) is 0 Å². The maximum atomic E-state index is 4.44. The van der Waals surface area contributed by atoms with Crippen LogP contribution in [0.5, 0.6) is 0 Å². The number of likely N-dealkylation sites (N-methyl/N-ethyl adjacent to an activating group) is 1. The first-order chi connectivity index (χ1) is 7.36. The second-order valence-corrected chi connectivity index (χ2v) is 4.61. The van der Waals surface area contributed by atoms with E-state index in [2.05, 4.69) is 46.0 Å². The smallest absolute Gasteiger partial charge is 0.168 e. The summed E-state index contributed by atoms with van der Waals surface area (Å²) in [5.41, 5.74) is 0. The first-order valence-electron chi connectivity index (χ1n) is 5.19. The van der Waals surface area contributed by atoms with Gasteiger partial charge in [-0.15, -0.1) is 0 Å². The van der Waals surface area contributed by atoms with Gasteiger partial charge < -0.3 is 4.90 Å². The lowest BCUT2D eigenvalue weighted by molar-refractivity contribution is -0.692. The topological polar surface area (TPSA) is 19.5 Å². The molecular formula is C11H16N3S+. The van der Waals surface area contributed by atoms with Crippen molar-refractivity contribution in [2.75, 3.05) is 25.9 Å². The molecule has 0 spiro atoms. The van der Waals surface area contributed by atoms with Crippen molar-refractivity contribution in [2.24, 2.45) is 4.99 Å². The molecule has 3 nitrogen and oxygen atoms in total. The van der Waals surface area contributed by atoms with E-state index in [0.29, 0.717) is 0 Å². The summed E-state index contributed by atoms with van der Waals surface area (Å²) >= 11 is 1.84. The molecule has 15 heavy (non-hydrogen) atoms. The Balaban J connectivity index is 1.76. The quantitative estimate of drug-likeness (QED) is 0.711. The first kappa shape index (κ1) is 10.5. The predicted octanol–water partition coefficient (Wildman–Crippen LogP) is 1.01. The Hall–Kier alpha value is -1.03. The molecule has 0 saturated carbocycles. The molecule has 0 fully saturated rings. The van der Waals surface area contributed by atoms with Gasteiger partial charge in [0.1, 0.15) is 0 Å². The highest BCUT2D eigenvalue weighted by molar-refractivity contribution is 8.13. The molecule has 0 aromatic carbocycles. The lowest BCUT2D eigenvalue weighted by Crippen LogP contribution is -2.34. The third-order valence-electron chi connectivity index (χ3n) is 2.37. The van der Waals surface area contributed by atoms with Crippen molar-refractivity contribution < 1.29 is 4.57 Å². The molecule has 1 aromatic heterocycles. The zero-order chi connectivity index (χ0) is 10.5. The average molecular weight is 222 g/mol. The molecule has 80 valence electrons. The fourth-order valence-electron chi connectivity index (χ4n) is 1.49. The second kappa shape index (κ2) is 5.16. The van der Waals surface area contributed by atoms with Crippen molar-refractivity contribution in [3.63, 3.8) is 0 Å². The van der Waals surface area contributed by atoms with Gasteiger partial charge in [0.2, 0.25) is 0 Å². The van der Waals surface area contributed by atoms with Crippen LogP contribution in [0.15, 0.2) is 35.6 Å². The van der Waals surface area contributed by atoms with Crippen LogP contribution in [-0.4, -0.2) is 36.0 Å². The number of aliphatic imine (C=N–C) groups is 1. The van der Waals surface area contributed by atoms with Crippen molar-refractivity contribution >= 4 is 16.9 Å². The highest BCUT2D eigenvalue weighted by Gasteiger charge is 2.12. The molecule has 2 heterocycles. The van der Waals surface area contributed by atoms with Crippen LogP contribution in [0.4, 0.5) is 0 Å². The van der Waals surface area contributed by atoms with E-state index in [1.54, 1.807) is 0 Å². The van der Waals surface area contributed by atoms with Crippen molar-refractivity contribution in [2.45, 2.75) is 6.54 Å². The van der Waals surface area contributed by atoms with Crippen LogP contribution in [0.25, 0.3) is 0 Å². The van der Waals surface area contributed by atoms with E-state index < -0.39 is 0 Å². The summed E-state index contributed by atoms with van der Waals surface area (Å²) in [7, 11) is 2.11. The van der Waals surface area contributed by atoms with E-state index in [1.807, 2.05) is 17.8 Å². The monoisotopic (exact) mass is 222 g/mol. The minimum absolute atomic E-state index is 0.956. The minimum Gasteiger partial charge on any atom is -0.353 e. The van der Waals surface area contributed by atoms with Gasteiger partial charge in [0.05, 0.1) is 12.3 Å². The molecule has 0 atom stereocenters. The average Bonchev–Trinajstić information content (AvgIpc) is 2.66. The molecule has 1 aliphatic rings. The molecule has 4 heteroatoms. The maximum Gasteiger partial charge on any atom is 0.168 e. The van der Waals surface area contributed by atoms with Gasteiger partial charge in [0, 0.05) is 25.7 Å². The molecule has 0 saturated heterocycles. The van der Waals surface area contributed by atoms with Crippen LogP contribution in [0.2, 0.25) is 0 Å². The molecule has 0 aliphatic carbocycles. The summed E-state index contributed by atoms with van der Waals surface area (Å²) in [5, 5.41) is 1.19. The molecule has 0 amide bonds. The van der Waals surface area contributed by atoms with Gasteiger partial charge in [-0.2, -0.15) is 0 Å². The van der Waals surface area contributed by atoms with Crippen molar-refractivity contribution in [3.8, 4) is 0 Å². The summed E-state index contributed by atoms with van der Waals surface area (Å²) in [6.07, 6.45) is 4.20. The fourth-order valence-corrected chi connectivity index (χ4v) is 2.47. The van der Waals surface area contributed by atoms with Gasteiger partial charge in [-0.05, 0) is 0 Å². The normalized spacial score (nSPS) is 15.5. The molecule has 2 rings (SSSR count). The molecular weight excluding hydrogens is 206 g/mol. The third-order valence-corrected chi connectivity index (χ3v) is 3.45. The lowest BCUT2D eigenvalue weighted by Gasteiger charge is -2.11. The van der Waals surface area contributed by atoms with E-state index in [-0.39, 0.29) is 0 Å². The van der Waals surface area contributed by atoms with Gasteiger partial charge in [-0.1, -0.05) is 17.8 Å². The predicted molar refractivity (Wildman–Crippen MR) is 64.0 cm³/mol. The Morgan fingerprint density at radius 3 is 2.87 bits per heavy atom. The molecule has 1 aromatic rings. The molecule has 0 radical (unpaired) electrons. The van der Waals surface area contributed by atoms with Gasteiger partial charge in [-0.25, -0.2) is 4.57 Å². The SMILES string of the molecule is CN1CCN=C1SCC[n+]1ccccc1. The highest BCUT2D eigenvalue weighted by Crippen LogP contribution is 2.11. The van der Waals surface area contributed by atoms with Crippen molar-refractivity contribution in [3.05, 3.63) is 30.6 Å². The number of hydrogen-bond acceptors (Lipinski definition) is 3. The summed E-state index contributed by atoms with van der Waals surface area (Å²) in [4.78, 5) is 6.67. The standard InChI is InChI=1S/C11H16N3S/c1-13-8-5-12-11(13)15-10-9-14-6-3-2-4-7-14/h2-4,6-7H,5,8-10H2,1H3/q+1. The Kier molecular flexibility index (Phi) is 3.61. The fraction of sp³-hybridized carbons (Fsp3) is 0.455. The van der Waals surface area contributed by atoms with Crippen molar-refractivity contribution in [1.29, 1.82) is 0 Å². The number of hydrogen-bond donors (Lipinski definition) is 0. The largest absolute Gasteiger partial charge is 0.353 e. The van der Waals surface area contributed by atoms with Crippen LogP contribution < -0.4 is 4.57 Å². The minimum atomic E-state index is 0.956. The van der Waals surface area contributed by atoms with Crippen molar-refractivity contribution in [1.82, 2.24) is 4.90 Å². The third kappa shape index (κ3) is 2.96. The van der Waals surface area contributed by atoms with Crippen LogP contribution in [-0.2, 0) is 6.54 Å². The Labute approximate surface area is 94.8 Å². The summed E-state index contributed by atoms with van der Waals surface area (Å²) < 4.78 is 2.20. The zero-order valence-corrected chi connectivity index (χ0v) is 9.78. The van der Waals surface area contributed by atoms with E-state index in [4.69, 9.17) is 0 Å². The zero-order valence-electron chi connectivity index (χ0n) is 8.97. The summed E-state index contributed by atoms with van der Waals surface area (Å²) in [6.45, 7) is 3.07. The lowest BCUT2D eigenvalue weighted by atomic mass is 10.5. The van der Waals surface area contributed by atoms with Gasteiger partial charge >= 0.3 is 0 Å². The van der Waals surface area contributed by atoms with Crippen LogP contribution in [0.3, 0.4) is 0 Å². The molecule has 0 unspecified atom stereocenters. The molecule has 0 N–H and O–H groups in total. The summed E-state index contributed by atoms with van der Waals surface area (Å²) in [6, 6.07) is 6.16. The Bertz CT molecular complexity index is 337. The number of pyridine rings is 1. The van der Waals surface area contributed by atoms with Gasteiger partial charge in [0.15, 0.2) is 24.1 Å². The molecule has 0 bridgehead atoms. The van der Waals surface area contributed by atoms with Crippen LogP contribution >= 0.6 is 11.8 Å². The number of thioether (sulfide) groups is 1. The second-order valence-electron chi connectivity index (χ2n) is 3.55. The summed E-state index contributed by atoms with van der Waals surface area (Å²) in [5.74, 6) is 1.08. The van der Waals surface area contributed by atoms with Gasteiger partial charge in [0.25, 0.3) is 0 Å². The first-order valence-corrected chi connectivity index (χ1v) is 6.17. The number of nitrogens with zero attached hydrogens (tertiary/aromatic N) is 3. The van der Waals surface area contributed by atoms with E-state index >= 15 is 0 Å². The number of rotatable bonds is 3. The number of amidine groups is 1. The molecule has 1 aliphatic heterocycles. The Morgan fingerprint density at radius 2 is 2.20 bits per heavy atom. The number of aryl methyl sites for hydroxylation is 1. The van der Waals surface area contributed by atoms with E-state index in [0.717, 1.165) is 25.4 Å². The van der Waals surface area contributed by atoms with E-state index in [9.17, 15) is 0 Å². The Morgan fingerprint density at radius 1 is 1.40 bits per heavy atom. The van der Waals surface area contributed by atoms with Crippen LogP contribution in [0.1, 0.15) is 0 Å². The maximum absolute atomic E-state index is 4.44. The van der Waals surface area contributed by atoms with E-state index in [1.165, 1.54) is 5.17 Å².